The summed E-state index contributed by atoms with van der Waals surface area (Å²) in [7, 11) is 0. The predicted octanol–water partition coefficient (Wildman–Crippen LogP) is 3.18. The van der Waals surface area contributed by atoms with Crippen molar-refractivity contribution in [1.82, 2.24) is 25.0 Å². The van der Waals surface area contributed by atoms with Gasteiger partial charge < -0.3 is 14.4 Å². The fourth-order valence-corrected chi connectivity index (χ4v) is 4.35. The molecule has 1 amide bonds. The van der Waals surface area contributed by atoms with E-state index in [1.165, 1.54) is 0 Å². The van der Waals surface area contributed by atoms with Crippen LogP contribution < -0.4 is 5.32 Å². The summed E-state index contributed by atoms with van der Waals surface area (Å²) in [6.07, 6.45) is 5.79. The molecule has 1 aliphatic carbocycles. The fourth-order valence-electron chi connectivity index (χ4n) is 3.87. The molecule has 8 heteroatoms. The smallest absolute Gasteiger partial charge is 0.240 e. The van der Waals surface area contributed by atoms with Gasteiger partial charge in [0, 0.05) is 6.92 Å². The Bertz CT molecular complexity index is 958. The third kappa shape index (κ3) is 3.45. The summed E-state index contributed by atoms with van der Waals surface area (Å²) in [6, 6.07) is 7.93. The van der Waals surface area contributed by atoms with Gasteiger partial charge in [-0.05, 0) is 31.2 Å². The van der Waals surface area contributed by atoms with E-state index in [-0.39, 0.29) is 12.5 Å². The molecule has 0 radical (unpaired) electrons. The molecule has 2 heterocycles. The second-order valence-electron chi connectivity index (χ2n) is 7.01. The molecule has 0 aliphatic heterocycles. The van der Waals surface area contributed by atoms with E-state index in [0.717, 1.165) is 48.3 Å². The van der Waals surface area contributed by atoms with Gasteiger partial charge in [-0.1, -0.05) is 30.1 Å². The van der Waals surface area contributed by atoms with Gasteiger partial charge in [0.05, 0.1) is 16.8 Å². The topological polar surface area (TPSA) is 85.8 Å². The van der Waals surface area contributed by atoms with Gasteiger partial charge in [-0.2, -0.15) is 16.7 Å². The van der Waals surface area contributed by atoms with Crippen molar-refractivity contribution in [1.29, 1.82) is 0 Å². The molecular formula is C19H23N5O2S. The van der Waals surface area contributed by atoms with Crippen LogP contribution in [-0.4, -0.2) is 31.9 Å². The summed E-state index contributed by atoms with van der Waals surface area (Å²) in [5.41, 5.74) is 1.37. The molecule has 2 aromatic heterocycles. The Hall–Kier alpha value is -2.35. The minimum atomic E-state index is -0.523. The predicted molar refractivity (Wildman–Crippen MR) is 104 cm³/mol. The summed E-state index contributed by atoms with van der Waals surface area (Å²) in [5.74, 6) is 2.73. The largest absolute Gasteiger partial charge is 0.342 e. The maximum Gasteiger partial charge on any atom is 0.240 e. The van der Waals surface area contributed by atoms with Crippen LogP contribution in [0.4, 0.5) is 0 Å². The highest BCUT2D eigenvalue weighted by molar-refractivity contribution is 7.97. The molecule has 0 saturated heterocycles. The lowest BCUT2D eigenvalue weighted by Gasteiger charge is -2.27. The highest BCUT2D eigenvalue weighted by Crippen LogP contribution is 2.37. The zero-order valence-electron chi connectivity index (χ0n) is 15.6. The van der Waals surface area contributed by atoms with Gasteiger partial charge in [-0.15, -0.1) is 0 Å². The number of nitrogens with zero attached hydrogens (tertiary/aromatic N) is 4. The third-order valence-electron chi connectivity index (χ3n) is 5.10. The van der Waals surface area contributed by atoms with Gasteiger partial charge >= 0.3 is 0 Å². The Morgan fingerprint density at radius 2 is 2.07 bits per heavy atom. The normalized spacial score (nSPS) is 16.1. The summed E-state index contributed by atoms with van der Waals surface area (Å²) in [5, 5.41) is 7.31. The van der Waals surface area contributed by atoms with Crippen LogP contribution >= 0.6 is 11.8 Å². The van der Waals surface area contributed by atoms with Crippen LogP contribution in [0, 0.1) is 6.92 Å². The first-order chi connectivity index (χ1) is 13.1. The fraction of sp³-hybridized carbons (Fsp3) is 0.474. The Kier molecular flexibility index (Phi) is 4.90. The first-order valence-electron chi connectivity index (χ1n) is 9.16. The highest BCUT2D eigenvalue weighted by Gasteiger charge is 2.41. The van der Waals surface area contributed by atoms with Crippen LogP contribution in [0.2, 0.25) is 0 Å². The Morgan fingerprint density at radius 1 is 1.30 bits per heavy atom. The molecule has 1 saturated carbocycles. The maximum absolute atomic E-state index is 13.0. The van der Waals surface area contributed by atoms with E-state index >= 15 is 0 Å². The minimum Gasteiger partial charge on any atom is -0.342 e. The number of carbonyl (C=O) groups excluding carboxylic acids is 1. The monoisotopic (exact) mass is 385 g/mol. The second kappa shape index (κ2) is 7.34. The van der Waals surface area contributed by atoms with Gasteiger partial charge in [-0.25, -0.2) is 4.98 Å². The van der Waals surface area contributed by atoms with Crippen LogP contribution in [0.25, 0.3) is 11.0 Å². The van der Waals surface area contributed by atoms with Crippen molar-refractivity contribution in [3.63, 3.8) is 0 Å². The van der Waals surface area contributed by atoms with Crippen molar-refractivity contribution in [3.8, 4) is 0 Å². The summed E-state index contributed by atoms with van der Waals surface area (Å²) in [4.78, 5) is 22.1. The van der Waals surface area contributed by atoms with E-state index in [1.807, 2.05) is 35.1 Å². The number of imidazole rings is 1. The molecule has 1 aromatic carbocycles. The number of fused-ring (bicyclic) bond motifs is 1. The zero-order chi connectivity index (χ0) is 18.9. The van der Waals surface area contributed by atoms with Crippen molar-refractivity contribution in [2.24, 2.45) is 0 Å². The molecule has 0 unspecified atom stereocenters. The van der Waals surface area contributed by atoms with Gasteiger partial charge in [-0.3, -0.25) is 4.79 Å². The van der Waals surface area contributed by atoms with Gasteiger partial charge in [0.25, 0.3) is 0 Å². The van der Waals surface area contributed by atoms with Crippen molar-refractivity contribution in [3.05, 3.63) is 41.8 Å². The molecular weight excluding hydrogens is 362 g/mol. The van der Waals surface area contributed by atoms with E-state index < -0.39 is 5.54 Å². The number of carbonyl (C=O) groups is 1. The SMILES string of the molecule is CSCc1nc2ccccc2n1CC(=O)NC1(c2noc(C)n2)CCCC1. The lowest BCUT2D eigenvalue weighted by molar-refractivity contribution is -0.123. The molecule has 27 heavy (non-hydrogen) atoms. The number of thioether (sulfide) groups is 1. The number of nitrogens with one attached hydrogen (secondary N) is 1. The van der Waals surface area contributed by atoms with E-state index in [9.17, 15) is 4.79 Å². The lowest BCUT2D eigenvalue weighted by Crippen LogP contribution is -2.46. The van der Waals surface area contributed by atoms with Crippen molar-refractivity contribution in [2.75, 3.05) is 6.26 Å². The average molecular weight is 385 g/mol. The zero-order valence-corrected chi connectivity index (χ0v) is 16.4. The first-order valence-corrected chi connectivity index (χ1v) is 10.6. The van der Waals surface area contributed by atoms with Gasteiger partial charge in [0.2, 0.25) is 11.8 Å². The average Bonchev–Trinajstić information content (AvgIpc) is 3.36. The number of aryl methyl sites for hydroxylation is 1. The number of amides is 1. The molecule has 1 N–H and O–H groups in total. The van der Waals surface area contributed by atoms with Crippen molar-refractivity contribution >= 4 is 28.7 Å². The molecule has 1 fully saturated rings. The van der Waals surface area contributed by atoms with Crippen LogP contribution in [0.1, 0.15) is 43.2 Å². The molecule has 0 spiro atoms. The molecule has 4 rings (SSSR count). The Labute approximate surface area is 161 Å². The number of para-hydroxylation sites is 2. The van der Waals surface area contributed by atoms with Crippen LogP contribution in [-0.2, 0) is 22.6 Å². The van der Waals surface area contributed by atoms with Crippen molar-refractivity contribution in [2.45, 2.75) is 50.4 Å². The first kappa shape index (κ1) is 18.0. The standard InChI is InChI=1S/C19H23N5O2S/c1-13-20-18(23-26-13)19(9-5-6-10-19)22-17(25)11-24-15-8-4-3-7-14(15)21-16(24)12-27-2/h3-4,7-8H,5-6,9-12H2,1-2H3,(H,22,25). The quantitative estimate of drug-likeness (QED) is 0.701. The molecule has 0 atom stereocenters. The number of benzene rings is 1. The number of aromatic nitrogens is 4. The minimum absolute atomic E-state index is 0.0511. The molecule has 7 nitrogen and oxygen atoms in total. The van der Waals surface area contributed by atoms with Gasteiger partial charge in [0.1, 0.15) is 17.9 Å². The number of rotatable bonds is 6. The van der Waals surface area contributed by atoms with E-state index in [1.54, 1.807) is 18.7 Å². The summed E-state index contributed by atoms with van der Waals surface area (Å²) >= 11 is 1.70. The summed E-state index contributed by atoms with van der Waals surface area (Å²) < 4.78 is 7.17. The Balaban J connectivity index is 1.60. The molecule has 142 valence electrons. The molecule has 3 aromatic rings. The lowest BCUT2D eigenvalue weighted by atomic mass is 9.96. The van der Waals surface area contributed by atoms with Gasteiger partial charge in [0.15, 0.2) is 5.82 Å². The van der Waals surface area contributed by atoms with E-state index in [2.05, 4.69) is 20.4 Å². The van der Waals surface area contributed by atoms with Crippen molar-refractivity contribution < 1.29 is 9.32 Å². The van der Waals surface area contributed by atoms with E-state index in [0.29, 0.717) is 11.7 Å². The number of hydrogen-bond donors (Lipinski definition) is 1. The van der Waals surface area contributed by atoms with Crippen LogP contribution in [0.15, 0.2) is 28.8 Å². The van der Waals surface area contributed by atoms with Crippen LogP contribution in [0.3, 0.4) is 0 Å². The third-order valence-corrected chi connectivity index (χ3v) is 5.65. The second-order valence-corrected chi connectivity index (χ2v) is 7.88. The molecule has 1 aliphatic rings. The van der Waals surface area contributed by atoms with Crippen LogP contribution in [0.5, 0.6) is 0 Å². The maximum atomic E-state index is 13.0. The van der Waals surface area contributed by atoms with E-state index in [4.69, 9.17) is 4.52 Å². The number of hydrogen-bond acceptors (Lipinski definition) is 6. The highest BCUT2D eigenvalue weighted by atomic mass is 32.2. The Morgan fingerprint density at radius 3 is 2.78 bits per heavy atom. The summed E-state index contributed by atoms with van der Waals surface area (Å²) in [6.45, 7) is 2.00. The molecule has 0 bridgehead atoms.